The van der Waals surface area contributed by atoms with E-state index in [2.05, 4.69) is 73.7 Å². The molecule has 21 heavy (non-hydrogen) atoms. The summed E-state index contributed by atoms with van der Waals surface area (Å²) in [6.07, 6.45) is 0. The molecule has 0 radical (unpaired) electrons. The minimum Gasteiger partial charge on any atom is -0.0683 e. The van der Waals surface area contributed by atoms with Crippen LogP contribution in [0.1, 0.15) is 19.4 Å². The van der Waals surface area contributed by atoms with E-state index in [9.17, 15) is 0 Å². The van der Waals surface area contributed by atoms with E-state index in [-0.39, 0.29) is 0 Å². The molecule has 0 N–H and O–H groups in total. The molecule has 0 fully saturated rings. The predicted molar refractivity (Wildman–Crippen MR) is 95.0 cm³/mol. The highest BCUT2D eigenvalue weighted by molar-refractivity contribution is 6.12. The minimum atomic E-state index is 1.31. The van der Waals surface area contributed by atoms with Crippen molar-refractivity contribution in [2.24, 2.45) is 0 Å². The maximum Gasteiger partial charge on any atom is -0.00989 e. The van der Waals surface area contributed by atoms with Crippen molar-refractivity contribution in [3.8, 4) is 0 Å². The molecule has 0 saturated heterocycles. The molecule has 0 heterocycles. The monoisotopic (exact) mass is 272 g/mol. The third-order valence-electron chi connectivity index (χ3n) is 3.96. The van der Waals surface area contributed by atoms with E-state index in [1.165, 1.54) is 37.9 Å². The summed E-state index contributed by atoms with van der Waals surface area (Å²) >= 11 is 0. The molecule has 4 aromatic rings. The van der Waals surface area contributed by atoms with Crippen LogP contribution in [0.5, 0.6) is 0 Å². The van der Waals surface area contributed by atoms with Gasteiger partial charge >= 0.3 is 0 Å². The van der Waals surface area contributed by atoms with Crippen LogP contribution < -0.4 is 0 Å². The van der Waals surface area contributed by atoms with Crippen LogP contribution in [-0.4, -0.2) is 0 Å². The van der Waals surface area contributed by atoms with Gasteiger partial charge in [0, 0.05) is 0 Å². The molecule has 0 atom stereocenters. The summed E-state index contributed by atoms with van der Waals surface area (Å²) in [5.74, 6) is 0. The van der Waals surface area contributed by atoms with Gasteiger partial charge in [0.2, 0.25) is 0 Å². The zero-order valence-corrected chi connectivity index (χ0v) is 12.9. The fourth-order valence-corrected chi connectivity index (χ4v) is 2.94. The van der Waals surface area contributed by atoms with Crippen molar-refractivity contribution in [3.63, 3.8) is 0 Å². The zero-order chi connectivity index (χ0) is 14.8. The van der Waals surface area contributed by atoms with Crippen LogP contribution >= 0.6 is 0 Å². The lowest BCUT2D eigenvalue weighted by Gasteiger charge is -2.08. The SMILES string of the molecule is CC.Cc1cccc2c1ccc1cc3ccccc3cc12. The lowest BCUT2D eigenvalue weighted by Crippen LogP contribution is -1.82. The van der Waals surface area contributed by atoms with Gasteiger partial charge in [0.1, 0.15) is 0 Å². The zero-order valence-electron chi connectivity index (χ0n) is 12.9. The predicted octanol–water partition coefficient (Wildman–Crippen LogP) is 6.48. The van der Waals surface area contributed by atoms with Crippen molar-refractivity contribution in [1.82, 2.24) is 0 Å². The summed E-state index contributed by atoms with van der Waals surface area (Å²) in [5, 5.41) is 7.98. The Morgan fingerprint density at radius 1 is 0.524 bits per heavy atom. The lowest BCUT2D eigenvalue weighted by molar-refractivity contribution is 1.50. The largest absolute Gasteiger partial charge is 0.0683 e. The van der Waals surface area contributed by atoms with Crippen LogP contribution in [0.15, 0.2) is 66.7 Å². The van der Waals surface area contributed by atoms with Crippen LogP contribution in [-0.2, 0) is 0 Å². The first-order chi connectivity index (χ1) is 10.3. The van der Waals surface area contributed by atoms with Gasteiger partial charge in [-0.2, -0.15) is 0 Å². The van der Waals surface area contributed by atoms with Gasteiger partial charge in [-0.05, 0) is 56.9 Å². The smallest absolute Gasteiger partial charge is 0.00989 e. The van der Waals surface area contributed by atoms with Gasteiger partial charge in [-0.15, -0.1) is 0 Å². The van der Waals surface area contributed by atoms with Gasteiger partial charge in [0.05, 0.1) is 0 Å². The highest BCUT2D eigenvalue weighted by Crippen LogP contribution is 2.30. The van der Waals surface area contributed by atoms with Gasteiger partial charge in [-0.1, -0.05) is 68.4 Å². The summed E-state index contributed by atoms with van der Waals surface area (Å²) in [6, 6.07) is 24.2. The topological polar surface area (TPSA) is 0 Å². The molecule has 0 unspecified atom stereocenters. The molecular weight excluding hydrogens is 252 g/mol. The Balaban J connectivity index is 0.000000636. The average molecular weight is 272 g/mol. The van der Waals surface area contributed by atoms with Crippen molar-refractivity contribution in [1.29, 1.82) is 0 Å². The molecule has 0 nitrogen and oxygen atoms in total. The number of fused-ring (bicyclic) bond motifs is 4. The maximum absolute atomic E-state index is 2.31. The summed E-state index contributed by atoms with van der Waals surface area (Å²) in [7, 11) is 0. The number of rotatable bonds is 0. The number of aryl methyl sites for hydroxylation is 1. The van der Waals surface area contributed by atoms with Crippen LogP contribution in [0.3, 0.4) is 0 Å². The second-order valence-corrected chi connectivity index (χ2v) is 5.16. The Bertz CT molecular complexity index is 917. The fourth-order valence-electron chi connectivity index (χ4n) is 2.94. The maximum atomic E-state index is 2.31. The van der Waals surface area contributed by atoms with Gasteiger partial charge in [0.25, 0.3) is 0 Å². The van der Waals surface area contributed by atoms with E-state index in [1.807, 2.05) is 13.8 Å². The van der Waals surface area contributed by atoms with E-state index in [1.54, 1.807) is 0 Å². The average Bonchev–Trinajstić information content (AvgIpc) is 2.55. The Kier molecular flexibility index (Phi) is 3.62. The molecule has 0 aliphatic rings. The Morgan fingerprint density at radius 3 is 2.00 bits per heavy atom. The highest BCUT2D eigenvalue weighted by atomic mass is 14.1. The van der Waals surface area contributed by atoms with Crippen molar-refractivity contribution in [3.05, 3.63) is 72.3 Å². The van der Waals surface area contributed by atoms with Gasteiger partial charge in [-0.25, -0.2) is 0 Å². The second kappa shape index (κ2) is 5.57. The van der Waals surface area contributed by atoms with Crippen molar-refractivity contribution >= 4 is 32.3 Å². The summed E-state index contributed by atoms with van der Waals surface area (Å²) in [6.45, 7) is 6.18. The van der Waals surface area contributed by atoms with Crippen molar-refractivity contribution in [2.75, 3.05) is 0 Å². The van der Waals surface area contributed by atoms with Crippen LogP contribution in [0.25, 0.3) is 32.3 Å². The third-order valence-corrected chi connectivity index (χ3v) is 3.96. The van der Waals surface area contributed by atoms with Crippen molar-refractivity contribution < 1.29 is 0 Å². The molecule has 0 aliphatic carbocycles. The molecule has 0 spiro atoms. The first kappa shape index (κ1) is 13.6. The summed E-state index contributed by atoms with van der Waals surface area (Å²) < 4.78 is 0. The molecule has 4 rings (SSSR count). The highest BCUT2D eigenvalue weighted by Gasteiger charge is 2.03. The molecule has 0 aromatic heterocycles. The minimum absolute atomic E-state index is 1.31. The van der Waals surface area contributed by atoms with Crippen molar-refractivity contribution in [2.45, 2.75) is 20.8 Å². The molecule has 104 valence electrons. The molecular formula is C21H20. The molecule has 0 saturated carbocycles. The summed E-state index contributed by atoms with van der Waals surface area (Å²) in [5.41, 5.74) is 1.34. The fraction of sp³-hybridized carbons (Fsp3) is 0.143. The number of benzene rings is 4. The standard InChI is InChI=1S/C19H14.C2H6/c1-13-5-4-8-18-17(13)10-9-16-11-14-6-2-3-7-15(14)12-19(16)18;1-2/h2-12H,1H3;1-2H3. The van der Waals surface area contributed by atoms with E-state index in [0.717, 1.165) is 0 Å². The quantitative estimate of drug-likeness (QED) is 0.254. The second-order valence-electron chi connectivity index (χ2n) is 5.16. The third kappa shape index (κ3) is 2.27. The molecule has 0 bridgehead atoms. The van der Waals surface area contributed by atoms with Crippen LogP contribution in [0, 0.1) is 6.92 Å². The van der Waals surface area contributed by atoms with Gasteiger partial charge in [0.15, 0.2) is 0 Å². The van der Waals surface area contributed by atoms with Crippen LogP contribution in [0.2, 0.25) is 0 Å². The van der Waals surface area contributed by atoms with E-state index in [4.69, 9.17) is 0 Å². The molecule has 4 aromatic carbocycles. The number of hydrogen-bond donors (Lipinski definition) is 0. The van der Waals surface area contributed by atoms with E-state index >= 15 is 0 Å². The van der Waals surface area contributed by atoms with E-state index < -0.39 is 0 Å². The Hall–Kier alpha value is -2.34. The Morgan fingerprint density at radius 2 is 1.24 bits per heavy atom. The van der Waals surface area contributed by atoms with E-state index in [0.29, 0.717) is 0 Å². The first-order valence-corrected chi connectivity index (χ1v) is 7.64. The molecule has 0 amide bonds. The molecule has 0 heteroatoms. The summed E-state index contributed by atoms with van der Waals surface area (Å²) in [4.78, 5) is 0. The first-order valence-electron chi connectivity index (χ1n) is 7.64. The lowest BCUT2D eigenvalue weighted by atomic mass is 9.96. The van der Waals surface area contributed by atoms with Gasteiger partial charge in [-0.3, -0.25) is 0 Å². The van der Waals surface area contributed by atoms with Crippen LogP contribution in [0.4, 0.5) is 0 Å². The van der Waals surface area contributed by atoms with Gasteiger partial charge < -0.3 is 0 Å². The number of hydrogen-bond acceptors (Lipinski definition) is 0. The normalized spacial score (nSPS) is 10.6. The Labute approximate surface area is 126 Å². The molecule has 0 aliphatic heterocycles.